The van der Waals surface area contributed by atoms with Crippen LogP contribution in [0.1, 0.15) is 55.7 Å². The molecule has 1 N–H and O–H groups in total. The van der Waals surface area contributed by atoms with Gasteiger partial charge in [-0.25, -0.2) is 4.98 Å². The fourth-order valence-corrected chi connectivity index (χ4v) is 3.96. The van der Waals surface area contributed by atoms with E-state index in [2.05, 4.69) is 38.6 Å². The molecule has 1 amide bonds. The number of amides is 1. The molecule has 4 rings (SSSR count). The molecule has 2 aromatic heterocycles. The second-order valence-electron chi connectivity index (χ2n) is 8.07. The first-order valence-electron chi connectivity index (χ1n) is 10.1. The molecule has 1 unspecified atom stereocenters. The zero-order valence-electron chi connectivity index (χ0n) is 16.3. The van der Waals surface area contributed by atoms with Crippen LogP contribution >= 0.6 is 0 Å². The average molecular weight is 367 g/mol. The molecule has 0 bridgehead atoms. The molecule has 6 heteroatoms. The molecule has 0 saturated heterocycles. The molecule has 1 saturated carbocycles. The van der Waals surface area contributed by atoms with Crippen molar-refractivity contribution in [2.75, 3.05) is 19.6 Å². The number of nitrogens with one attached hydrogen (secondary N) is 1. The van der Waals surface area contributed by atoms with Crippen molar-refractivity contribution < 1.29 is 4.79 Å². The van der Waals surface area contributed by atoms with Gasteiger partial charge in [-0.15, -0.1) is 0 Å². The van der Waals surface area contributed by atoms with Gasteiger partial charge in [0.25, 0.3) is 0 Å². The van der Waals surface area contributed by atoms with E-state index in [-0.39, 0.29) is 11.9 Å². The van der Waals surface area contributed by atoms with Gasteiger partial charge in [0.15, 0.2) is 0 Å². The number of aromatic nitrogens is 3. The third-order valence-corrected chi connectivity index (χ3v) is 5.60. The summed E-state index contributed by atoms with van der Waals surface area (Å²) < 4.78 is 2.18. The predicted molar refractivity (Wildman–Crippen MR) is 104 cm³/mol. The van der Waals surface area contributed by atoms with E-state index < -0.39 is 0 Å². The van der Waals surface area contributed by atoms with Gasteiger partial charge in [-0.2, -0.15) is 0 Å². The quantitative estimate of drug-likeness (QED) is 0.817. The van der Waals surface area contributed by atoms with Gasteiger partial charge in [0, 0.05) is 44.5 Å². The zero-order valence-corrected chi connectivity index (χ0v) is 16.3. The molecule has 2 aliphatic rings. The van der Waals surface area contributed by atoms with Crippen molar-refractivity contribution in [3.05, 3.63) is 47.8 Å². The van der Waals surface area contributed by atoms with Crippen LogP contribution < -0.4 is 5.32 Å². The van der Waals surface area contributed by atoms with Crippen LogP contribution in [0, 0.1) is 5.92 Å². The monoisotopic (exact) mass is 367 g/mol. The number of hydrogen-bond donors (Lipinski definition) is 1. The highest BCUT2D eigenvalue weighted by atomic mass is 16.2. The largest absolute Gasteiger partial charge is 0.354 e. The molecule has 0 aromatic carbocycles. The highest BCUT2D eigenvalue weighted by Crippen LogP contribution is 2.36. The number of fused-ring (bicyclic) bond motifs is 1. The first-order valence-corrected chi connectivity index (χ1v) is 10.1. The highest BCUT2D eigenvalue weighted by Gasteiger charge is 2.39. The lowest BCUT2D eigenvalue weighted by atomic mass is 10.00. The fourth-order valence-electron chi connectivity index (χ4n) is 3.96. The van der Waals surface area contributed by atoms with Crippen LogP contribution in [0.25, 0.3) is 0 Å². The SMILES string of the molecule is CC(C)n1cnc2c1C(C(=O)NCCc1cccnc1)N(CC1CC1)CC2. The lowest BCUT2D eigenvalue weighted by molar-refractivity contribution is -0.127. The Labute approximate surface area is 161 Å². The molecule has 27 heavy (non-hydrogen) atoms. The minimum atomic E-state index is -0.229. The molecule has 6 nitrogen and oxygen atoms in total. The summed E-state index contributed by atoms with van der Waals surface area (Å²) in [6.45, 7) is 6.87. The van der Waals surface area contributed by atoms with Crippen molar-refractivity contribution >= 4 is 5.91 Å². The summed E-state index contributed by atoms with van der Waals surface area (Å²) in [5.41, 5.74) is 3.32. The van der Waals surface area contributed by atoms with Crippen molar-refractivity contribution in [3.63, 3.8) is 0 Å². The average Bonchev–Trinajstić information content (AvgIpc) is 3.37. The molecule has 3 heterocycles. The van der Waals surface area contributed by atoms with E-state index in [1.807, 2.05) is 24.7 Å². The summed E-state index contributed by atoms with van der Waals surface area (Å²) >= 11 is 0. The summed E-state index contributed by atoms with van der Waals surface area (Å²) in [4.78, 5) is 24.4. The van der Waals surface area contributed by atoms with Crippen molar-refractivity contribution in [2.45, 2.75) is 51.6 Å². The van der Waals surface area contributed by atoms with Crippen molar-refractivity contribution in [1.29, 1.82) is 0 Å². The van der Waals surface area contributed by atoms with Crippen LogP contribution in [0.15, 0.2) is 30.9 Å². The van der Waals surface area contributed by atoms with Crippen LogP contribution in [-0.4, -0.2) is 45.0 Å². The summed E-state index contributed by atoms with van der Waals surface area (Å²) in [6.07, 6.45) is 9.86. The van der Waals surface area contributed by atoms with Gasteiger partial charge in [-0.05, 0) is 50.7 Å². The van der Waals surface area contributed by atoms with E-state index in [1.165, 1.54) is 12.8 Å². The highest BCUT2D eigenvalue weighted by molar-refractivity contribution is 5.83. The van der Waals surface area contributed by atoms with E-state index in [0.717, 1.165) is 48.8 Å². The molecule has 2 aromatic rings. The maximum Gasteiger partial charge on any atom is 0.243 e. The Hall–Kier alpha value is -2.21. The Morgan fingerprint density at radius 3 is 2.93 bits per heavy atom. The van der Waals surface area contributed by atoms with Gasteiger partial charge < -0.3 is 9.88 Å². The third kappa shape index (κ3) is 4.05. The predicted octanol–water partition coefficient (Wildman–Crippen LogP) is 2.53. The molecular formula is C21H29N5O. The fraction of sp³-hybridized carbons (Fsp3) is 0.571. The number of carbonyl (C=O) groups excluding carboxylic acids is 1. The van der Waals surface area contributed by atoms with Crippen LogP contribution in [0.4, 0.5) is 0 Å². The maximum atomic E-state index is 13.2. The number of hydrogen-bond acceptors (Lipinski definition) is 4. The summed E-state index contributed by atoms with van der Waals surface area (Å²) in [7, 11) is 0. The second kappa shape index (κ2) is 7.80. The topological polar surface area (TPSA) is 63.1 Å². The standard InChI is InChI=1S/C21H29N5O/c1-15(2)26-14-24-18-8-11-25(13-17-5-6-17)20(19(18)26)21(27)23-10-7-16-4-3-9-22-12-16/h3-4,9,12,14-15,17,20H,5-8,10-11,13H2,1-2H3,(H,23,27). The molecule has 0 radical (unpaired) electrons. The lowest BCUT2D eigenvalue weighted by Crippen LogP contribution is -2.46. The number of rotatable bonds is 7. The number of nitrogens with zero attached hydrogens (tertiary/aromatic N) is 4. The normalized spacial score (nSPS) is 19.9. The van der Waals surface area contributed by atoms with Gasteiger partial charge in [-0.1, -0.05) is 6.07 Å². The van der Waals surface area contributed by atoms with E-state index in [0.29, 0.717) is 12.6 Å². The van der Waals surface area contributed by atoms with Crippen LogP contribution in [-0.2, 0) is 17.6 Å². The van der Waals surface area contributed by atoms with Gasteiger partial charge in [-0.3, -0.25) is 14.7 Å². The Morgan fingerprint density at radius 2 is 2.22 bits per heavy atom. The summed E-state index contributed by atoms with van der Waals surface area (Å²) in [5, 5.41) is 3.17. The van der Waals surface area contributed by atoms with E-state index in [4.69, 9.17) is 0 Å². The Bertz CT molecular complexity index is 781. The molecule has 1 fully saturated rings. The van der Waals surface area contributed by atoms with E-state index in [1.54, 1.807) is 6.20 Å². The summed E-state index contributed by atoms with van der Waals surface area (Å²) in [5.74, 6) is 0.857. The van der Waals surface area contributed by atoms with Crippen molar-refractivity contribution in [1.82, 2.24) is 24.8 Å². The molecule has 0 spiro atoms. The molecule has 144 valence electrons. The number of imidazole rings is 1. The van der Waals surface area contributed by atoms with E-state index in [9.17, 15) is 4.79 Å². The smallest absolute Gasteiger partial charge is 0.243 e. The lowest BCUT2D eigenvalue weighted by Gasteiger charge is -2.36. The third-order valence-electron chi connectivity index (χ3n) is 5.60. The first kappa shape index (κ1) is 18.2. The minimum Gasteiger partial charge on any atom is -0.354 e. The minimum absolute atomic E-state index is 0.0999. The Morgan fingerprint density at radius 1 is 1.37 bits per heavy atom. The van der Waals surface area contributed by atoms with Gasteiger partial charge in [0.05, 0.1) is 17.7 Å². The van der Waals surface area contributed by atoms with Crippen LogP contribution in [0.2, 0.25) is 0 Å². The van der Waals surface area contributed by atoms with Gasteiger partial charge in [0.1, 0.15) is 6.04 Å². The van der Waals surface area contributed by atoms with E-state index >= 15 is 0 Å². The summed E-state index contributed by atoms with van der Waals surface area (Å²) in [6, 6.07) is 4.05. The van der Waals surface area contributed by atoms with Crippen molar-refractivity contribution in [3.8, 4) is 0 Å². The molecule has 1 aliphatic carbocycles. The maximum absolute atomic E-state index is 13.2. The van der Waals surface area contributed by atoms with Crippen LogP contribution in [0.5, 0.6) is 0 Å². The van der Waals surface area contributed by atoms with Crippen molar-refractivity contribution in [2.24, 2.45) is 5.92 Å². The zero-order chi connectivity index (χ0) is 18.8. The molecule has 1 aliphatic heterocycles. The number of pyridine rings is 1. The molecular weight excluding hydrogens is 338 g/mol. The Balaban J connectivity index is 1.51. The van der Waals surface area contributed by atoms with Gasteiger partial charge in [0.2, 0.25) is 5.91 Å². The first-order chi connectivity index (χ1) is 13.1. The van der Waals surface area contributed by atoms with Gasteiger partial charge >= 0.3 is 0 Å². The van der Waals surface area contributed by atoms with Crippen LogP contribution in [0.3, 0.4) is 0 Å². The second-order valence-corrected chi connectivity index (χ2v) is 8.07. The number of carbonyl (C=O) groups is 1. The molecule has 1 atom stereocenters. The Kier molecular flexibility index (Phi) is 5.25.